The minimum Gasteiger partial charge on any atom is -0.443 e. The summed E-state index contributed by atoms with van der Waals surface area (Å²) in [5.41, 5.74) is -1.34. The van der Waals surface area contributed by atoms with Crippen LogP contribution in [0.5, 0.6) is 0 Å². The smallest absolute Gasteiger partial charge is 0.419 e. The molecule has 22 heavy (non-hydrogen) atoms. The molecule has 1 N–H and O–H groups in total. The second-order valence-electron chi connectivity index (χ2n) is 7.25. The van der Waals surface area contributed by atoms with E-state index in [-0.39, 0.29) is 13.2 Å². The van der Waals surface area contributed by atoms with Crippen molar-refractivity contribution in [1.29, 1.82) is 0 Å². The van der Waals surface area contributed by atoms with Crippen LogP contribution in [0, 0.1) is 0 Å². The first-order valence-corrected chi connectivity index (χ1v) is 7.80. The number of hydrogen-bond donors (Lipinski definition) is 1. The summed E-state index contributed by atoms with van der Waals surface area (Å²) in [6.07, 6.45) is 1.67. The van der Waals surface area contributed by atoms with E-state index in [1.165, 1.54) is 0 Å². The SMILES string of the molecule is CC(C)(C)OC(=O)N(CCCCCCO)C(=O)OC(C)(C)C. The van der Waals surface area contributed by atoms with Crippen molar-refractivity contribution in [2.45, 2.75) is 78.4 Å². The number of hydrogen-bond acceptors (Lipinski definition) is 5. The maximum Gasteiger partial charge on any atom is 0.419 e. The molecule has 0 bridgehead atoms. The van der Waals surface area contributed by atoms with Gasteiger partial charge in [-0.1, -0.05) is 12.8 Å². The summed E-state index contributed by atoms with van der Waals surface area (Å²) in [7, 11) is 0. The summed E-state index contributed by atoms with van der Waals surface area (Å²) in [5, 5.41) is 8.75. The number of amides is 2. The highest BCUT2D eigenvalue weighted by Crippen LogP contribution is 2.15. The first kappa shape index (κ1) is 20.7. The minimum atomic E-state index is -0.691. The molecular weight excluding hydrogens is 286 g/mol. The molecule has 0 aliphatic carbocycles. The molecule has 6 heteroatoms. The number of ether oxygens (including phenoxy) is 2. The molecule has 0 radical (unpaired) electrons. The summed E-state index contributed by atoms with van der Waals surface area (Å²) < 4.78 is 10.5. The standard InChI is InChI=1S/C16H31NO5/c1-15(2,3)21-13(19)17(11-9-7-8-10-12-18)14(20)22-16(4,5)6/h18H,7-12H2,1-6H3. The Kier molecular flexibility index (Phi) is 8.45. The molecule has 0 rings (SSSR count). The summed E-state index contributed by atoms with van der Waals surface area (Å²) in [6, 6.07) is 0. The van der Waals surface area contributed by atoms with E-state index in [1.807, 2.05) is 0 Å². The Balaban J connectivity index is 4.69. The maximum atomic E-state index is 12.2. The first-order valence-electron chi connectivity index (χ1n) is 7.80. The zero-order chi connectivity index (χ0) is 17.4. The van der Waals surface area contributed by atoms with Gasteiger partial charge in [-0.15, -0.1) is 0 Å². The molecule has 0 fully saturated rings. The zero-order valence-corrected chi connectivity index (χ0v) is 14.8. The van der Waals surface area contributed by atoms with Crippen molar-refractivity contribution in [2.75, 3.05) is 13.2 Å². The van der Waals surface area contributed by atoms with E-state index >= 15 is 0 Å². The fourth-order valence-electron chi connectivity index (χ4n) is 1.63. The second-order valence-corrected chi connectivity index (χ2v) is 7.25. The molecule has 0 aliphatic rings. The van der Waals surface area contributed by atoms with Crippen LogP contribution in [0.2, 0.25) is 0 Å². The average molecular weight is 317 g/mol. The highest BCUT2D eigenvalue weighted by atomic mass is 16.6. The number of rotatable bonds is 6. The molecule has 0 aliphatic heterocycles. The van der Waals surface area contributed by atoms with Crippen LogP contribution in [0.25, 0.3) is 0 Å². The average Bonchev–Trinajstić information content (AvgIpc) is 2.28. The lowest BCUT2D eigenvalue weighted by atomic mass is 10.2. The third-order valence-electron chi connectivity index (χ3n) is 2.52. The second kappa shape index (κ2) is 8.98. The number of unbranched alkanes of at least 4 members (excludes halogenated alkanes) is 3. The molecule has 6 nitrogen and oxygen atoms in total. The van der Waals surface area contributed by atoms with Crippen LogP contribution in [0.4, 0.5) is 9.59 Å². The lowest BCUT2D eigenvalue weighted by Crippen LogP contribution is -2.44. The normalized spacial score (nSPS) is 12.0. The fourth-order valence-corrected chi connectivity index (χ4v) is 1.63. The van der Waals surface area contributed by atoms with Gasteiger partial charge < -0.3 is 14.6 Å². The number of imide groups is 1. The van der Waals surface area contributed by atoms with Crippen LogP contribution >= 0.6 is 0 Å². The van der Waals surface area contributed by atoms with Crippen LogP contribution in [0.15, 0.2) is 0 Å². The highest BCUT2D eigenvalue weighted by Gasteiger charge is 2.30. The largest absolute Gasteiger partial charge is 0.443 e. The molecule has 130 valence electrons. The summed E-state index contributed by atoms with van der Waals surface area (Å²) in [5.74, 6) is 0. The molecule has 0 atom stereocenters. The predicted octanol–water partition coefficient (Wildman–Crippen LogP) is 3.71. The van der Waals surface area contributed by atoms with E-state index in [2.05, 4.69) is 0 Å². The molecule has 2 amide bonds. The molecule has 0 saturated heterocycles. The van der Waals surface area contributed by atoms with Crippen molar-refractivity contribution in [1.82, 2.24) is 4.90 Å². The summed E-state index contributed by atoms with van der Waals surface area (Å²) >= 11 is 0. The molecule has 0 spiro atoms. The van der Waals surface area contributed by atoms with Crippen LogP contribution in [-0.4, -0.2) is 46.5 Å². The third-order valence-corrected chi connectivity index (χ3v) is 2.52. The van der Waals surface area contributed by atoms with Crippen molar-refractivity contribution in [3.05, 3.63) is 0 Å². The quantitative estimate of drug-likeness (QED) is 0.756. The Labute approximate surface area is 133 Å². The van der Waals surface area contributed by atoms with E-state index in [0.717, 1.165) is 24.2 Å². The number of carbonyl (C=O) groups excluding carboxylic acids is 2. The van der Waals surface area contributed by atoms with Crippen molar-refractivity contribution in [3.8, 4) is 0 Å². The Hall–Kier alpha value is -1.30. The van der Waals surface area contributed by atoms with E-state index in [0.29, 0.717) is 6.42 Å². The Morgan fingerprint density at radius 3 is 1.59 bits per heavy atom. The van der Waals surface area contributed by atoms with Gasteiger partial charge in [-0.3, -0.25) is 0 Å². The van der Waals surface area contributed by atoms with Gasteiger partial charge in [0.15, 0.2) is 0 Å². The van der Waals surface area contributed by atoms with Crippen LogP contribution < -0.4 is 0 Å². The Bertz CT molecular complexity index is 327. The monoisotopic (exact) mass is 317 g/mol. The van der Waals surface area contributed by atoms with Crippen molar-refractivity contribution < 1.29 is 24.2 Å². The van der Waals surface area contributed by atoms with Gasteiger partial charge >= 0.3 is 12.2 Å². The van der Waals surface area contributed by atoms with Gasteiger partial charge in [0.2, 0.25) is 0 Å². The predicted molar refractivity (Wildman–Crippen MR) is 84.7 cm³/mol. The van der Waals surface area contributed by atoms with Crippen LogP contribution in [0.3, 0.4) is 0 Å². The van der Waals surface area contributed by atoms with E-state index in [4.69, 9.17) is 14.6 Å². The summed E-state index contributed by atoms with van der Waals surface area (Å²) in [4.78, 5) is 25.3. The van der Waals surface area contributed by atoms with Gasteiger partial charge in [-0.2, -0.15) is 0 Å². The lowest BCUT2D eigenvalue weighted by Gasteiger charge is -2.28. The van der Waals surface area contributed by atoms with E-state index in [9.17, 15) is 9.59 Å². The first-order chi connectivity index (χ1) is 9.96. The topological polar surface area (TPSA) is 76.1 Å². The molecule has 0 aromatic rings. The number of aliphatic hydroxyl groups excluding tert-OH is 1. The van der Waals surface area contributed by atoms with Gasteiger partial charge in [0, 0.05) is 13.2 Å². The molecule has 0 aromatic heterocycles. The highest BCUT2D eigenvalue weighted by molar-refractivity contribution is 5.88. The van der Waals surface area contributed by atoms with Gasteiger partial charge in [0.1, 0.15) is 11.2 Å². The Morgan fingerprint density at radius 2 is 1.23 bits per heavy atom. The van der Waals surface area contributed by atoms with Crippen LogP contribution in [0.1, 0.15) is 67.2 Å². The van der Waals surface area contributed by atoms with Gasteiger partial charge in [-0.05, 0) is 54.4 Å². The molecule has 0 unspecified atom stereocenters. The molecule has 0 heterocycles. The maximum absolute atomic E-state index is 12.2. The third kappa shape index (κ3) is 10.4. The van der Waals surface area contributed by atoms with Gasteiger partial charge in [-0.25, -0.2) is 14.5 Å². The molecule has 0 aromatic carbocycles. The fraction of sp³-hybridized carbons (Fsp3) is 0.875. The zero-order valence-electron chi connectivity index (χ0n) is 14.8. The lowest BCUT2D eigenvalue weighted by molar-refractivity contribution is 0.00116. The Morgan fingerprint density at radius 1 is 0.818 bits per heavy atom. The number of aliphatic hydroxyl groups is 1. The minimum absolute atomic E-state index is 0.155. The number of carbonyl (C=O) groups is 2. The van der Waals surface area contributed by atoms with Crippen molar-refractivity contribution in [2.24, 2.45) is 0 Å². The summed E-state index contributed by atoms with van der Waals surface area (Å²) in [6.45, 7) is 10.9. The number of nitrogens with zero attached hydrogens (tertiary/aromatic N) is 1. The van der Waals surface area contributed by atoms with Crippen molar-refractivity contribution in [3.63, 3.8) is 0 Å². The molecular formula is C16H31NO5. The van der Waals surface area contributed by atoms with Gasteiger partial charge in [0.25, 0.3) is 0 Å². The van der Waals surface area contributed by atoms with E-state index < -0.39 is 23.4 Å². The van der Waals surface area contributed by atoms with Crippen LogP contribution in [-0.2, 0) is 9.47 Å². The van der Waals surface area contributed by atoms with E-state index in [1.54, 1.807) is 41.5 Å². The van der Waals surface area contributed by atoms with Gasteiger partial charge in [0.05, 0.1) is 0 Å². The van der Waals surface area contributed by atoms with Crippen molar-refractivity contribution >= 4 is 12.2 Å². The molecule has 0 saturated carbocycles.